The summed E-state index contributed by atoms with van der Waals surface area (Å²) in [7, 11) is 0. The molecule has 2 saturated heterocycles. The fourth-order valence-corrected chi connectivity index (χ4v) is 3.19. The summed E-state index contributed by atoms with van der Waals surface area (Å²) < 4.78 is 32.3. The average Bonchev–Trinajstić information content (AvgIpc) is 3.12. The number of anilines is 1. The van der Waals surface area contributed by atoms with E-state index in [1.807, 2.05) is 4.90 Å². The number of piperazine rings is 1. The van der Waals surface area contributed by atoms with E-state index in [0.717, 1.165) is 31.0 Å². The van der Waals surface area contributed by atoms with Crippen molar-refractivity contribution in [3.63, 3.8) is 0 Å². The van der Waals surface area contributed by atoms with E-state index in [2.05, 4.69) is 5.32 Å². The second-order valence-electron chi connectivity index (χ2n) is 5.87. The first kappa shape index (κ1) is 17.0. The molecular formula is C16H19F2N3O2S. The number of ether oxygens (including phenoxy) is 1. The van der Waals surface area contributed by atoms with E-state index in [0.29, 0.717) is 37.9 Å². The van der Waals surface area contributed by atoms with Crippen molar-refractivity contribution >= 4 is 28.9 Å². The van der Waals surface area contributed by atoms with Crippen LogP contribution in [-0.2, 0) is 9.53 Å². The quantitative estimate of drug-likeness (QED) is 0.822. The Morgan fingerprint density at radius 1 is 1.21 bits per heavy atom. The highest BCUT2D eigenvalue weighted by Crippen LogP contribution is 2.18. The number of benzene rings is 1. The fourth-order valence-electron chi connectivity index (χ4n) is 2.89. The van der Waals surface area contributed by atoms with Gasteiger partial charge < -0.3 is 19.9 Å². The predicted octanol–water partition coefficient (Wildman–Crippen LogP) is 1.98. The van der Waals surface area contributed by atoms with Crippen molar-refractivity contribution in [3.8, 4) is 0 Å². The van der Waals surface area contributed by atoms with Crippen molar-refractivity contribution in [3.05, 3.63) is 29.8 Å². The number of halogens is 2. The molecule has 2 heterocycles. The van der Waals surface area contributed by atoms with E-state index in [4.69, 9.17) is 17.0 Å². The Balaban J connectivity index is 1.53. The number of thiocarbonyl (C=S) groups is 1. The second-order valence-corrected chi connectivity index (χ2v) is 6.26. The number of amides is 1. The Morgan fingerprint density at radius 2 is 1.92 bits per heavy atom. The zero-order chi connectivity index (χ0) is 17.1. The van der Waals surface area contributed by atoms with Crippen LogP contribution in [-0.4, -0.2) is 59.7 Å². The van der Waals surface area contributed by atoms with E-state index < -0.39 is 11.6 Å². The lowest BCUT2D eigenvalue weighted by atomic mass is 10.2. The Kier molecular flexibility index (Phi) is 5.25. The number of hydrogen-bond donors (Lipinski definition) is 1. The molecule has 3 rings (SSSR count). The van der Waals surface area contributed by atoms with E-state index in [-0.39, 0.29) is 17.7 Å². The maximum Gasteiger partial charge on any atom is 0.251 e. The highest BCUT2D eigenvalue weighted by Gasteiger charge is 2.30. The van der Waals surface area contributed by atoms with Crippen LogP contribution in [0, 0.1) is 11.6 Å². The third kappa shape index (κ3) is 3.81. The van der Waals surface area contributed by atoms with Crippen LogP contribution >= 0.6 is 12.2 Å². The highest BCUT2D eigenvalue weighted by atomic mass is 32.1. The molecule has 1 aromatic rings. The third-order valence-corrected chi connectivity index (χ3v) is 4.61. The molecule has 0 aromatic heterocycles. The standard InChI is InChI=1S/C16H19F2N3O2S/c17-11-3-4-12(18)13(10-11)19-16(24)21-7-5-20(6-8-21)15(22)14-2-1-9-23-14/h3-4,10,14H,1-2,5-9H2,(H,19,24). The Hall–Kier alpha value is -1.80. The van der Waals surface area contributed by atoms with Gasteiger partial charge in [0.1, 0.15) is 17.7 Å². The molecular weight excluding hydrogens is 336 g/mol. The third-order valence-electron chi connectivity index (χ3n) is 4.25. The molecule has 2 fully saturated rings. The van der Waals surface area contributed by atoms with Gasteiger partial charge in [0.2, 0.25) is 0 Å². The minimum atomic E-state index is -0.564. The molecule has 2 aliphatic heterocycles. The monoisotopic (exact) mass is 355 g/mol. The van der Waals surface area contributed by atoms with Crippen LogP contribution in [0.5, 0.6) is 0 Å². The van der Waals surface area contributed by atoms with Crippen molar-refractivity contribution in [2.75, 3.05) is 38.1 Å². The predicted molar refractivity (Wildman–Crippen MR) is 89.7 cm³/mol. The maximum absolute atomic E-state index is 13.7. The van der Waals surface area contributed by atoms with Crippen molar-refractivity contribution < 1.29 is 18.3 Å². The van der Waals surface area contributed by atoms with Gasteiger partial charge in [-0.3, -0.25) is 4.79 Å². The molecule has 1 N–H and O–H groups in total. The van der Waals surface area contributed by atoms with E-state index in [1.165, 1.54) is 0 Å². The van der Waals surface area contributed by atoms with Gasteiger partial charge in [-0.1, -0.05) is 0 Å². The molecule has 8 heteroatoms. The topological polar surface area (TPSA) is 44.8 Å². The van der Waals surface area contributed by atoms with Gasteiger partial charge in [0.05, 0.1) is 5.69 Å². The number of carbonyl (C=O) groups is 1. The molecule has 0 spiro atoms. The molecule has 0 radical (unpaired) electrons. The van der Waals surface area contributed by atoms with Crippen LogP contribution in [0.4, 0.5) is 14.5 Å². The summed E-state index contributed by atoms with van der Waals surface area (Å²) in [5.74, 6) is -1.07. The minimum absolute atomic E-state index is 0.0119. The van der Waals surface area contributed by atoms with Crippen molar-refractivity contribution in [2.45, 2.75) is 18.9 Å². The number of nitrogens with zero attached hydrogens (tertiary/aromatic N) is 2. The summed E-state index contributed by atoms with van der Waals surface area (Å²) >= 11 is 5.27. The van der Waals surface area contributed by atoms with Gasteiger partial charge in [0.25, 0.3) is 5.91 Å². The zero-order valence-electron chi connectivity index (χ0n) is 13.1. The highest BCUT2D eigenvalue weighted by molar-refractivity contribution is 7.80. The molecule has 1 aromatic carbocycles. The van der Waals surface area contributed by atoms with Gasteiger partial charge in [-0.2, -0.15) is 0 Å². The van der Waals surface area contributed by atoms with Crippen molar-refractivity contribution in [1.29, 1.82) is 0 Å². The summed E-state index contributed by atoms with van der Waals surface area (Å²) in [6.45, 7) is 2.80. The molecule has 1 atom stereocenters. The summed E-state index contributed by atoms with van der Waals surface area (Å²) in [5.41, 5.74) is 0.0119. The maximum atomic E-state index is 13.7. The van der Waals surface area contributed by atoms with Gasteiger partial charge in [-0.15, -0.1) is 0 Å². The van der Waals surface area contributed by atoms with Crippen molar-refractivity contribution in [2.24, 2.45) is 0 Å². The van der Waals surface area contributed by atoms with Gasteiger partial charge in [0.15, 0.2) is 5.11 Å². The summed E-state index contributed by atoms with van der Waals surface area (Å²) in [6, 6.07) is 3.18. The molecule has 0 aliphatic carbocycles. The Morgan fingerprint density at radius 3 is 2.58 bits per heavy atom. The second kappa shape index (κ2) is 7.40. The molecule has 1 amide bonds. The molecule has 5 nitrogen and oxygen atoms in total. The van der Waals surface area contributed by atoms with Crippen LogP contribution in [0.1, 0.15) is 12.8 Å². The van der Waals surface area contributed by atoms with E-state index in [9.17, 15) is 13.6 Å². The number of hydrogen-bond acceptors (Lipinski definition) is 3. The van der Waals surface area contributed by atoms with Crippen LogP contribution in [0.2, 0.25) is 0 Å². The summed E-state index contributed by atoms with van der Waals surface area (Å²) in [5, 5.41) is 3.06. The lowest BCUT2D eigenvalue weighted by molar-refractivity contribution is -0.142. The SMILES string of the molecule is O=C(C1CCCO1)N1CCN(C(=S)Nc2cc(F)ccc2F)CC1. The lowest BCUT2D eigenvalue weighted by Crippen LogP contribution is -2.53. The number of carbonyl (C=O) groups excluding carboxylic acids is 1. The van der Waals surface area contributed by atoms with Crippen molar-refractivity contribution in [1.82, 2.24) is 9.80 Å². The molecule has 24 heavy (non-hydrogen) atoms. The van der Waals surface area contributed by atoms with Crippen LogP contribution in [0.25, 0.3) is 0 Å². The molecule has 130 valence electrons. The number of rotatable bonds is 2. The van der Waals surface area contributed by atoms with E-state index in [1.54, 1.807) is 4.90 Å². The van der Waals surface area contributed by atoms with Crippen LogP contribution < -0.4 is 5.32 Å². The Labute approximate surface area is 144 Å². The largest absolute Gasteiger partial charge is 0.368 e. The van der Waals surface area contributed by atoms with Crippen LogP contribution in [0.15, 0.2) is 18.2 Å². The first-order valence-corrected chi connectivity index (χ1v) is 8.37. The number of nitrogens with one attached hydrogen (secondary N) is 1. The molecule has 0 bridgehead atoms. The average molecular weight is 355 g/mol. The van der Waals surface area contributed by atoms with Gasteiger partial charge in [0, 0.05) is 38.9 Å². The molecule has 1 unspecified atom stereocenters. The summed E-state index contributed by atoms with van der Waals surface area (Å²) in [6.07, 6.45) is 1.38. The molecule has 0 saturated carbocycles. The fraction of sp³-hybridized carbons (Fsp3) is 0.500. The lowest BCUT2D eigenvalue weighted by Gasteiger charge is -2.37. The Bertz CT molecular complexity index is 630. The van der Waals surface area contributed by atoms with Crippen LogP contribution in [0.3, 0.4) is 0 Å². The smallest absolute Gasteiger partial charge is 0.251 e. The normalized spacial score (nSPS) is 21.0. The summed E-state index contributed by atoms with van der Waals surface area (Å²) in [4.78, 5) is 15.9. The first-order valence-electron chi connectivity index (χ1n) is 7.96. The molecule has 2 aliphatic rings. The van der Waals surface area contributed by atoms with Gasteiger partial charge in [-0.25, -0.2) is 8.78 Å². The van der Waals surface area contributed by atoms with Gasteiger partial charge >= 0.3 is 0 Å². The van der Waals surface area contributed by atoms with E-state index >= 15 is 0 Å². The van der Waals surface area contributed by atoms with Gasteiger partial charge in [-0.05, 0) is 37.2 Å². The minimum Gasteiger partial charge on any atom is -0.368 e. The zero-order valence-corrected chi connectivity index (χ0v) is 14.0. The first-order chi connectivity index (χ1) is 11.5.